The smallest absolute Gasteiger partial charge is 0.339 e. The number of allylic oxidation sites excluding steroid dienone is 2. The Kier molecular flexibility index (Phi) is 2.76. The van der Waals surface area contributed by atoms with Gasteiger partial charge < -0.3 is 4.42 Å². The van der Waals surface area contributed by atoms with Crippen LogP contribution in [0.15, 0.2) is 21.4 Å². The van der Waals surface area contributed by atoms with E-state index in [9.17, 15) is 4.79 Å². The molecule has 1 aliphatic carbocycles. The Bertz CT molecular complexity index is 452. The number of hydrogen-bond acceptors (Lipinski definition) is 2. The molecule has 80 valence electrons. The van der Waals surface area contributed by atoms with E-state index in [1.165, 1.54) is 18.4 Å². The second-order valence-corrected chi connectivity index (χ2v) is 4.18. The van der Waals surface area contributed by atoms with Crippen molar-refractivity contribution in [1.29, 1.82) is 0 Å². The van der Waals surface area contributed by atoms with Crippen LogP contribution in [-0.2, 0) is 0 Å². The first-order valence-corrected chi connectivity index (χ1v) is 5.49. The van der Waals surface area contributed by atoms with Gasteiger partial charge in [0.05, 0.1) is 0 Å². The molecule has 0 radical (unpaired) electrons. The van der Waals surface area contributed by atoms with E-state index >= 15 is 0 Å². The molecule has 0 aromatic carbocycles. The molecule has 0 bridgehead atoms. The van der Waals surface area contributed by atoms with Gasteiger partial charge >= 0.3 is 5.63 Å². The van der Waals surface area contributed by atoms with Gasteiger partial charge in [0.2, 0.25) is 0 Å². The van der Waals surface area contributed by atoms with Crippen molar-refractivity contribution < 1.29 is 4.42 Å². The topological polar surface area (TPSA) is 30.2 Å². The van der Waals surface area contributed by atoms with Gasteiger partial charge in [-0.1, -0.05) is 6.08 Å². The van der Waals surface area contributed by atoms with Gasteiger partial charge in [0.1, 0.15) is 5.76 Å². The Hall–Kier alpha value is -1.31. The lowest BCUT2D eigenvalue weighted by molar-refractivity contribution is 0.486. The third-order valence-corrected chi connectivity index (χ3v) is 3.06. The Labute approximate surface area is 89.6 Å². The summed E-state index contributed by atoms with van der Waals surface area (Å²) in [5, 5.41) is 0. The van der Waals surface area contributed by atoms with Crippen LogP contribution < -0.4 is 5.63 Å². The van der Waals surface area contributed by atoms with Crippen LogP contribution in [0.25, 0.3) is 5.57 Å². The van der Waals surface area contributed by atoms with E-state index in [0.29, 0.717) is 0 Å². The van der Waals surface area contributed by atoms with Gasteiger partial charge in [0.25, 0.3) is 0 Å². The van der Waals surface area contributed by atoms with Crippen LogP contribution in [0.4, 0.5) is 0 Å². The normalized spacial score (nSPS) is 16.3. The molecule has 2 nitrogen and oxygen atoms in total. The molecule has 1 aromatic heterocycles. The Morgan fingerprint density at radius 2 is 2.07 bits per heavy atom. The summed E-state index contributed by atoms with van der Waals surface area (Å²) < 4.78 is 5.30. The second-order valence-electron chi connectivity index (χ2n) is 4.18. The van der Waals surface area contributed by atoms with Crippen LogP contribution in [0.2, 0.25) is 0 Å². The van der Waals surface area contributed by atoms with E-state index in [1.54, 1.807) is 6.92 Å². The third-order valence-electron chi connectivity index (χ3n) is 3.06. The summed E-state index contributed by atoms with van der Waals surface area (Å²) in [5.41, 5.74) is 2.74. The van der Waals surface area contributed by atoms with Crippen LogP contribution in [0.5, 0.6) is 0 Å². The highest BCUT2D eigenvalue weighted by Crippen LogP contribution is 2.26. The first kappa shape index (κ1) is 10.2. The number of hydrogen-bond donors (Lipinski definition) is 0. The minimum atomic E-state index is -0.198. The summed E-state index contributed by atoms with van der Waals surface area (Å²) in [5.74, 6) is 0.766. The molecule has 0 unspecified atom stereocenters. The summed E-state index contributed by atoms with van der Waals surface area (Å²) in [6, 6.07) is 1.98. The van der Waals surface area contributed by atoms with Gasteiger partial charge in [-0.25, -0.2) is 4.79 Å². The fraction of sp³-hybridized carbons (Fsp3) is 0.462. The van der Waals surface area contributed by atoms with Crippen LogP contribution in [0, 0.1) is 13.8 Å². The minimum Gasteiger partial charge on any atom is -0.423 e. The summed E-state index contributed by atoms with van der Waals surface area (Å²) in [6.07, 6.45) is 6.77. The highest BCUT2D eigenvalue weighted by Gasteiger charge is 2.11. The predicted molar refractivity (Wildman–Crippen MR) is 60.9 cm³/mol. The molecule has 1 aromatic rings. The highest BCUT2D eigenvalue weighted by atomic mass is 16.4. The summed E-state index contributed by atoms with van der Waals surface area (Å²) in [6.45, 7) is 3.76. The van der Waals surface area contributed by atoms with E-state index in [2.05, 4.69) is 6.08 Å². The number of aryl methyl sites for hydroxylation is 1. The predicted octanol–water partition coefficient (Wildman–Crippen LogP) is 3.21. The number of rotatable bonds is 1. The summed E-state index contributed by atoms with van der Waals surface area (Å²) in [7, 11) is 0. The first-order valence-electron chi connectivity index (χ1n) is 5.49. The molecule has 0 amide bonds. The van der Waals surface area contributed by atoms with Crippen molar-refractivity contribution in [3.8, 4) is 0 Å². The molecule has 15 heavy (non-hydrogen) atoms. The van der Waals surface area contributed by atoms with E-state index < -0.39 is 0 Å². The lowest BCUT2D eigenvalue weighted by atomic mass is 9.97. The molecule has 0 fully saturated rings. The van der Waals surface area contributed by atoms with Crippen molar-refractivity contribution in [1.82, 2.24) is 0 Å². The minimum absolute atomic E-state index is 0.198. The quantitative estimate of drug-likeness (QED) is 0.703. The molecule has 0 N–H and O–H groups in total. The zero-order valence-electron chi connectivity index (χ0n) is 9.30. The first-order chi connectivity index (χ1) is 7.18. The molecule has 0 aliphatic heterocycles. The zero-order valence-corrected chi connectivity index (χ0v) is 9.30. The van der Waals surface area contributed by atoms with Crippen molar-refractivity contribution in [2.24, 2.45) is 0 Å². The fourth-order valence-electron chi connectivity index (χ4n) is 1.89. The van der Waals surface area contributed by atoms with E-state index in [-0.39, 0.29) is 5.63 Å². The largest absolute Gasteiger partial charge is 0.423 e. The molecule has 2 heteroatoms. The zero-order chi connectivity index (χ0) is 10.8. The van der Waals surface area contributed by atoms with Crippen molar-refractivity contribution in [2.45, 2.75) is 39.5 Å². The average molecular weight is 204 g/mol. The molecule has 1 heterocycles. The SMILES string of the molecule is Cc1cc(C2=CCCCC2)oc(=O)c1C. The van der Waals surface area contributed by atoms with E-state index in [4.69, 9.17) is 4.42 Å². The Morgan fingerprint density at radius 1 is 1.27 bits per heavy atom. The highest BCUT2D eigenvalue weighted by molar-refractivity contribution is 5.62. The van der Waals surface area contributed by atoms with Crippen LogP contribution in [0.1, 0.15) is 42.6 Å². The van der Waals surface area contributed by atoms with Crippen LogP contribution >= 0.6 is 0 Å². The summed E-state index contributed by atoms with van der Waals surface area (Å²) in [4.78, 5) is 11.5. The molecular weight excluding hydrogens is 188 g/mol. The average Bonchev–Trinajstić information content (AvgIpc) is 2.26. The second kappa shape index (κ2) is 4.05. The standard InChI is InChI=1S/C13H16O2/c1-9-8-12(15-13(14)10(9)2)11-6-4-3-5-7-11/h6,8H,3-5,7H2,1-2H3. The van der Waals surface area contributed by atoms with Crippen molar-refractivity contribution >= 4 is 5.57 Å². The maximum Gasteiger partial charge on any atom is 0.339 e. The van der Waals surface area contributed by atoms with Crippen molar-refractivity contribution in [2.75, 3.05) is 0 Å². The van der Waals surface area contributed by atoms with Crippen molar-refractivity contribution in [3.05, 3.63) is 39.4 Å². The molecule has 0 atom stereocenters. The van der Waals surface area contributed by atoms with Crippen LogP contribution in [-0.4, -0.2) is 0 Å². The summed E-state index contributed by atoms with van der Waals surface area (Å²) >= 11 is 0. The van der Waals surface area contributed by atoms with E-state index in [1.807, 2.05) is 13.0 Å². The Morgan fingerprint density at radius 3 is 2.67 bits per heavy atom. The third kappa shape index (κ3) is 2.04. The van der Waals surface area contributed by atoms with Gasteiger partial charge in [-0.3, -0.25) is 0 Å². The van der Waals surface area contributed by atoms with Gasteiger partial charge in [-0.2, -0.15) is 0 Å². The lowest BCUT2D eigenvalue weighted by Gasteiger charge is -2.12. The molecule has 1 aliphatic rings. The van der Waals surface area contributed by atoms with Gasteiger partial charge in [-0.15, -0.1) is 0 Å². The molecule has 0 spiro atoms. The monoisotopic (exact) mass is 204 g/mol. The van der Waals surface area contributed by atoms with Gasteiger partial charge in [-0.05, 0) is 56.7 Å². The maximum absolute atomic E-state index is 11.5. The molecular formula is C13H16O2. The molecule has 0 saturated carbocycles. The lowest BCUT2D eigenvalue weighted by Crippen LogP contribution is -2.07. The molecule has 2 rings (SSSR count). The van der Waals surface area contributed by atoms with Gasteiger partial charge in [0.15, 0.2) is 0 Å². The van der Waals surface area contributed by atoms with Crippen LogP contribution in [0.3, 0.4) is 0 Å². The van der Waals surface area contributed by atoms with Crippen molar-refractivity contribution in [3.63, 3.8) is 0 Å². The van der Waals surface area contributed by atoms with E-state index in [0.717, 1.165) is 29.7 Å². The molecule has 0 saturated heterocycles. The maximum atomic E-state index is 11.5. The fourth-order valence-corrected chi connectivity index (χ4v) is 1.89. The van der Waals surface area contributed by atoms with Gasteiger partial charge in [0, 0.05) is 5.56 Å². The Balaban J connectivity index is 2.45.